The summed E-state index contributed by atoms with van der Waals surface area (Å²) in [7, 11) is 2.00. The minimum absolute atomic E-state index is 0.0833. The van der Waals surface area contributed by atoms with E-state index in [-0.39, 0.29) is 24.3 Å². The van der Waals surface area contributed by atoms with Crippen molar-refractivity contribution in [2.24, 2.45) is 0 Å². The van der Waals surface area contributed by atoms with Crippen LogP contribution < -0.4 is 0 Å². The molecule has 0 saturated carbocycles. The van der Waals surface area contributed by atoms with Crippen LogP contribution in [0.15, 0.2) is 24.3 Å². The summed E-state index contributed by atoms with van der Waals surface area (Å²) in [6, 6.07) is 5.02. The maximum Gasteiger partial charge on any atom is 0.335 e. The molecule has 0 saturated heterocycles. The number of carbonyl (C=O) groups is 2. The fourth-order valence-electron chi connectivity index (χ4n) is 0.755. The lowest BCUT2D eigenvalue weighted by Crippen LogP contribution is -1.99. The molecule has 0 heterocycles. The molecule has 0 fully saturated rings. The molecule has 8 nitrogen and oxygen atoms in total. The zero-order chi connectivity index (χ0) is 16.6. The summed E-state index contributed by atoms with van der Waals surface area (Å²) in [5.41, 5.74) is 0.167. The van der Waals surface area contributed by atoms with Crippen molar-refractivity contribution >= 4 is 11.9 Å². The van der Waals surface area contributed by atoms with E-state index in [1.165, 1.54) is 24.3 Å². The first-order valence-corrected chi connectivity index (χ1v) is 5.20. The summed E-state index contributed by atoms with van der Waals surface area (Å²) >= 11 is 0. The van der Waals surface area contributed by atoms with Gasteiger partial charge >= 0.3 is 11.9 Å². The number of aliphatic hydroxyl groups is 4. The van der Waals surface area contributed by atoms with Gasteiger partial charge in [0, 0.05) is 14.2 Å². The van der Waals surface area contributed by atoms with E-state index in [4.69, 9.17) is 30.6 Å². The first kappa shape index (κ1) is 23.1. The second kappa shape index (κ2) is 17.0. The normalized spacial score (nSPS) is 7.70. The summed E-state index contributed by atoms with van der Waals surface area (Å²) in [6.07, 6.45) is 0. The van der Waals surface area contributed by atoms with E-state index in [2.05, 4.69) is 0 Å². The van der Waals surface area contributed by atoms with Gasteiger partial charge in [-0.25, -0.2) is 9.59 Å². The van der Waals surface area contributed by atoms with Crippen LogP contribution in [-0.2, 0) is 0 Å². The number of carboxylic acid groups (broad SMARTS) is 2. The van der Waals surface area contributed by atoms with Crippen molar-refractivity contribution in [1.29, 1.82) is 0 Å². The van der Waals surface area contributed by atoms with Crippen LogP contribution in [0.2, 0.25) is 0 Å². The van der Waals surface area contributed by atoms with Crippen LogP contribution in [-0.4, -0.2) is 70.0 Å². The summed E-state index contributed by atoms with van der Waals surface area (Å²) in [4.78, 5) is 20.7. The molecular weight excluding hydrogens is 272 g/mol. The second-order valence-electron chi connectivity index (χ2n) is 2.63. The number of rotatable bonds is 3. The molecule has 0 aliphatic rings. The van der Waals surface area contributed by atoms with E-state index in [0.717, 1.165) is 14.2 Å². The lowest BCUT2D eigenvalue weighted by molar-refractivity contribution is 0.0681. The van der Waals surface area contributed by atoms with Crippen LogP contribution in [0.4, 0.5) is 0 Å². The van der Waals surface area contributed by atoms with Gasteiger partial charge in [-0.15, -0.1) is 0 Å². The van der Waals surface area contributed by atoms with Crippen molar-refractivity contribution in [2.75, 3.05) is 27.4 Å². The molecule has 1 aromatic rings. The van der Waals surface area contributed by atoms with Crippen molar-refractivity contribution in [3.05, 3.63) is 35.4 Å². The van der Waals surface area contributed by atoms with E-state index in [9.17, 15) is 9.59 Å². The quantitative estimate of drug-likeness (QED) is 0.426. The van der Waals surface area contributed by atoms with Gasteiger partial charge in [-0.1, -0.05) is 0 Å². The number of carboxylic acids is 2. The SMILES string of the molecule is CO.CO.O=C(O)c1ccc(C(=O)O)cc1.OCCO. The zero-order valence-corrected chi connectivity index (χ0v) is 11.2. The first-order chi connectivity index (χ1) is 9.52. The van der Waals surface area contributed by atoms with E-state index in [1.807, 2.05) is 0 Å². The molecule has 0 unspecified atom stereocenters. The molecule has 20 heavy (non-hydrogen) atoms. The summed E-state index contributed by atoms with van der Waals surface area (Å²) < 4.78 is 0. The maximum atomic E-state index is 10.3. The van der Waals surface area contributed by atoms with E-state index in [0.29, 0.717) is 0 Å². The molecule has 1 aromatic carbocycles. The Morgan fingerprint density at radius 3 is 1.05 bits per heavy atom. The average molecular weight is 292 g/mol. The van der Waals surface area contributed by atoms with Crippen molar-refractivity contribution in [1.82, 2.24) is 0 Å². The number of aromatic carboxylic acids is 2. The molecule has 8 heteroatoms. The van der Waals surface area contributed by atoms with Crippen LogP contribution in [0, 0.1) is 0 Å². The Morgan fingerprint density at radius 1 is 0.750 bits per heavy atom. The first-order valence-electron chi connectivity index (χ1n) is 5.20. The Balaban J connectivity index is -0.000000306. The fraction of sp³-hybridized carbons (Fsp3) is 0.333. The molecule has 0 amide bonds. The Morgan fingerprint density at radius 2 is 0.950 bits per heavy atom. The smallest absolute Gasteiger partial charge is 0.335 e. The highest BCUT2D eigenvalue weighted by Crippen LogP contribution is 2.03. The molecule has 0 spiro atoms. The van der Waals surface area contributed by atoms with Crippen LogP contribution in [0.5, 0.6) is 0 Å². The van der Waals surface area contributed by atoms with Crippen molar-refractivity contribution in [2.45, 2.75) is 0 Å². The zero-order valence-electron chi connectivity index (χ0n) is 11.2. The van der Waals surface area contributed by atoms with Gasteiger partial charge in [-0.2, -0.15) is 0 Å². The van der Waals surface area contributed by atoms with Gasteiger partial charge in [0.1, 0.15) is 0 Å². The molecule has 0 aliphatic heterocycles. The Labute approximate surface area is 116 Å². The molecule has 116 valence electrons. The molecule has 0 aliphatic carbocycles. The monoisotopic (exact) mass is 292 g/mol. The van der Waals surface area contributed by atoms with E-state index < -0.39 is 11.9 Å². The van der Waals surface area contributed by atoms with Crippen LogP contribution in [0.3, 0.4) is 0 Å². The minimum atomic E-state index is -1.06. The second-order valence-corrected chi connectivity index (χ2v) is 2.63. The number of hydrogen-bond acceptors (Lipinski definition) is 6. The van der Waals surface area contributed by atoms with Crippen LogP contribution in [0.1, 0.15) is 20.7 Å². The molecule has 0 radical (unpaired) electrons. The Bertz CT molecular complexity index is 312. The topological polar surface area (TPSA) is 156 Å². The standard InChI is InChI=1S/C8H6O4.C2H6O2.2CH4O/c9-7(10)5-1-2-6(4-3-5)8(11)12;3-1-2-4;2*1-2/h1-4H,(H,9,10)(H,11,12);3-4H,1-2H2;2*2H,1H3. The Kier molecular flexibility index (Phi) is 19.7. The number of benzene rings is 1. The average Bonchev–Trinajstić information content (AvgIpc) is 2.51. The fourth-order valence-corrected chi connectivity index (χ4v) is 0.755. The molecule has 0 aromatic heterocycles. The third-order valence-corrected chi connectivity index (χ3v) is 1.48. The van der Waals surface area contributed by atoms with Gasteiger partial charge < -0.3 is 30.6 Å². The summed E-state index contributed by atoms with van der Waals surface area (Å²) in [6.45, 7) is -0.250. The van der Waals surface area contributed by atoms with Crippen molar-refractivity contribution in [3.63, 3.8) is 0 Å². The van der Waals surface area contributed by atoms with Gasteiger partial charge in [0.05, 0.1) is 24.3 Å². The number of hydrogen-bond donors (Lipinski definition) is 6. The van der Waals surface area contributed by atoms with Crippen LogP contribution >= 0.6 is 0 Å². The molecule has 1 rings (SSSR count). The number of aliphatic hydroxyl groups excluding tert-OH is 4. The molecule has 0 bridgehead atoms. The van der Waals surface area contributed by atoms with Crippen LogP contribution in [0.25, 0.3) is 0 Å². The highest BCUT2D eigenvalue weighted by atomic mass is 16.4. The summed E-state index contributed by atoms with van der Waals surface area (Å²) in [5.74, 6) is -2.13. The lowest BCUT2D eigenvalue weighted by Gasteiger charge is -1.94. The van der Waals surface area contributed by atoms with Gasteiger partial charge in [0.2, 0.25) is 0 Å². The van der Waals surface area contributed by atoms with Gasteiger partial charge in [-0.05, 0) is 24.3 Å². The maximum absolute atomic E-state index is 10.3. The third kappa shape index (κ3) is 12.5. The largest absolute Gasteiger partial charge is 0.478 e. The van der Waals surface area contributed by atoms with Crippen molar-refractivity contribution < 1.29 is 40.2 Å². The molecule has 0 atom stereocenters. The van der Waals surface area contributed by atoms with E-state index >= 15 is 0 Å². The van der Waals surface area contributed by atoms with E-state index in [1.54, 1.807) is 0 Å². The predicted octanol–water partition coefficient (Wildman–Crippen LogP) is -0.729. The predicted molar refractivity (Wildman–Crippen MR) is 70.8 cm³/mol. The molecular formula is C12H20O8. The highest BCUT2D eigenvalue weighted by molar-refractivity contribution is 5.91. The minimum Gasteiger partial charge on any atom is -0.478 e. The highest BCUT2D eigenvalue weighted by Gasteiger charge is 2.04. The van der Waals surface area contributed by atoms with Gasteiger partial charge in [0.15, 0.2) is 0 Å². The van der Waals surface area contributed by atoms with Gasteiger partial charge in [-0.3, -0.25) is 0 Å². The molecule has 6 N–H and O–H groups in total. The lowest BCUT2D eigenvalue weighted by atomic mass is 10.1. The van der Waals surface area contributed by atoms with Gasteiger partial charge in [0.25, 0.3) is 0 Å². The Hall–Kier alpha value is -2.00. The van der Waals surface area contributed by atoms with Crippen molar-refractivity contribution in [3.8, 4) is 0 Å². The summed E-state index contributed by atoms with van der Waals surface area (Å²) in [5, 5.41) is 46.2. The third-order valence-electron chi connectivity index (χ3n) is 1.48.